The van der Waals surface area contributed by atoms with E-state index < -0.39 is 0 Å². The van der Waals surface area contributed by atoms with Gasteiger partial charge in [-0.15, -0.1) is 0 Å². The van der Waals surface area contributed by atoms with Gasteiger partial charge in [0.2, 0.25) is 5.91 Å². The van der Waals surface area contributed by atoms with Crippen molar-refractivity contribution in [3.8, 4) is 6.07 Å². The first-order valence-corrected chi connectivity index (χ1v) is 6.05. The van der Waals surface area contributed by atoms with Crippen LogP contribution in [0.25, 0.3) is 0 Å². The third-order valence-corrected chi connectivity index (χ3v) is 2.64. The third-order valence-electron chi connectivity index (χ3n) is 2.64. The number of ether oxygens (including phenoxy) is 1. The normalized spacial score (nSPS) is 11.9. The predicted molar refractivity (Wildman–Crippen MR) is 66.1 cm³/mol. The Kier molecular flexibility index (Phi) is 9.40. The fourth-order valence-electron chi connectivity index (χ4n) is 1.67. The maximum absolute atomic E-state index is 12.2. The molecule has 0 radical (unpaired) electrons. The van der Waals surface area contributed by atoms with E-state index in [1.165, 1.54) is 0 Å². The van der Waals surface area contributed by atoms with Crippen LogP contribution in [0.5, 0.6) is 0 Å². The van der Waals surface area contributed by atoms with Crippen molar-refractivity contribution in [2.75, 3.05) is 33.4 Å². The van der Waals surface area contributed by atoms with Crippen LogP contribution in [0.1, 0.15) is 26.2 Å². The Bertz CT molecular complexity index is 251. The summed E-state index contributed by atoms with van der Waals surface area (Å²) in [4.78, 5) is 13.8. The molecule has 5 heteroatoms. The molecule has 0 rings (SSSR count). The quantitative estimate of drug-likeness (QED) is 0.646. The van der Waals surface area contributed by atoms with Crippen molar-refractivity contribution in [2.24, 2.45) is 11.7 Å². The van der Waals surface area contributed by atoms with Crippen molar-refractivity contribution in [1.29, 1.82) is 5.26 Å². The second kappa shape index (κ2) is 10.1. The van der Waals surface area contributed by atoms with Gasteiger partial charge in [0.1, 0.15) is 0 Å². The van der Waals surface area contributed by atoms with Gasteiger partial charge in [-0.1, -0.05) is 13.3 Å². The van der Waals surface area contributed by atoms with Crippen molar-refractivity contribution in [1.82, 2.24) is 4.90 Å². The number of amides is 1. The van der Waals surface area contributed by atoms with Gasteiger partial charge in [0.05, 0.1) is 25.0 Å². The highest BCUT2D eigenvalue weighted by molar-refractivity contribution is 5.79. The van der Waals surface area contributed by atoms with Crippen molar-refractivity contribution in [3.63, 3.8) is 0 Å². The van der Waals surface area contributed by atoms with Gasteiger partial charge >= 0.3 is 0 Å². The lowest BCUT2D eigenvalue weighted by molar-refractivity contribution is -0.136. The molecule has 0 aromatic rings. The van der Waals surface area contributed by atoms with Crippen LogP contribution in [0.3, 0.4) is 0 Å². The SMILES string of the molecule is CCCC(CN)C(=O)N(CCC#N)CCOC. The summed E-state index contributed by atoms with van der Waals surface area (Å²) in [5.41, 5.74) is 5.61. The molecule has 0 saturated carbocycles. The number of rotatable bonds is 9. The molecule has 0 spiro atoms. The number of nitrogens with zero attached hydrogens (tertiary/aromatic N) is 2. The van der Waals surface area contributed by atoms with Crippen LogP contribution >= 0.6 is 0 Å². The highest BCUT2D eigenvalue weighted by atomic mass is 16.5. The van der Waals surface area contributed by atoms with E-state index in [0.717, 1.165) is 12.8 Å². The van der Waals surface area contributed by atoms with Gasteiger partial charge in [-0.25, -0.2) is 0 Å². The van der Waals surface area contributed by atoms with Crippen LogP contribution in [0.4, 0.5) is 0 Å². The molecule has 0 aliphatic carbocycles. The summed E-state index contributed by atoms with van der Waals surface area (Å²) in [5, 5.41) is 8.58. The summed E-state index contributed by atoms with van der Waals surface area (Å²) in [6.07, 6.45) is 2.08. The van der Waals surface area contributed by atoms with E-state index in [2.05, 4.69) is 6.07 Å². The molecule has 0 aliphatic heterocycles. The fourth-order valence-corrected chi connectivity index (χ4v) is 1.67. The smallest absolute Gasteiger partial charge is 0.227 e. The molecule has 0 heterocycles. The van der Waals surface area contributed by atoms with Crippen LogP contribution < -0.4 is 5.73 Å². The van der Waals surface area contributed by atoms with E-state index in [4.69, 9.17) is 15.7 Å². The van der Waals surface area contributed by atoms with Gasteiger partial charge in [-0.3, -0.25) is 4.79 Å². The number of nitrogens with two attached hydrogens (primary N) is 1. The van der Waals surface area contributed by atoms with E-state index in [1.54, 1.807) is 12.0 Å². The lowest BCUT2D eigenvalue weighted by Gasteiger charge is -2.25. The summed E-state index contributed by atoms with van der Waals surface area (Å²) in [7, 11) is 1.60. The highest BCUT2D eigenvalue weighted by Crippen LogP contribution is 2.09. The van der Waals surface area contributed by atoms with Crippen LogP contribution in [-0.4, -0.2) is 44.2 Å². The second-order valence-electron chi connectivity index (χ2n) is 3.95. The maximum atomic E-state index is 12.2. The zero-order chi connectivity index (χ0) is 13.1. The molecule has 0 aromatic heterocycles. The summed E-state index contributed by atoms with van der Waals surface area (Å²) in [6.45, 7) is 3.87. The van der Waals surface area contributed by atoms with Crippen molar-refractivity contribution >= 4 is 5.91 Å². The van der Waals surface area contributed by atoms with E-state index in [9.17, 15) is 4.79 Å². The Hall–Kier alpha value is -1.12. The summed E-state index contributed by atoms with van der Waals surface area (Å²) in [5.74, 6) is -0.0859. The van der Waals surface area contributed by atoms with Gasteiger partial charge in [-0.05, 0) is 6.42 Å². The molecule has 1 atom stereocenters. The van der Waals surface area contributed by atoms with Crippen LogP contribution in [0.15, 0.2) is 0 Å². The first-order chi connectivity index (χ1) is 8.21. The largest absolute Gasteiger partial charge is 0.383 e. The number of carbonyl (C=O) groups is 1. The monoisotopic (exact) mass is 241 g/mol. The Morgan fingerprint density at radius 3 is 2.71 bits per heavy atom. The fraction of sp³-hybridized carbons (Fsp3) is 0.833. The molecule has 2 N–H and O–H groups in total. The van der Waals surface area contributed by atoms with E-state index in [-0.39, 0.29) is 11.8 Å². The Morgan fingerprint density at radius 2 is 2.24 bits per heavy atom. The second-order valence-corrected chi connectivity index (χ2v) is 3.95. The number of nitriles is 1. The molecule has 98 valence electrons. The molecular weight excluding hydrogens is 218 g/mol. The molecular formula is C12H23N3O2. The number of carbonyl (C=O) groups excluding carboxylic acids is 1. The average Bonchev–Trinajstić information content (AvgIpc) is 2.35. The molecule has 0 aliphatic rings. The van der Waals surface area contributed by atoms with Crippen LogP contribution in [0, 0.1) is 17.2 Å². The van der Waals surface area contributed by atoms with E-state index in [1.807, 2.05) is 6.92 Å². The minimum atomic E-state index is -0.129. The number of hydrogen-bond acceptors (Lipinski definition) is 4. The lowest BCUT2D eigenvalue weighted by Crippen LogP contribution is -2.41. The molecule has 0 bridgehead atoms. The van der Waals surface area contributed by atoms with Crippen molar-refractivity contribution in [3.05, 3.63) is 0 Å². The molecule has 5 nitrogen and oxygen atoms in total. The predicted octanol–water partition coefficient (Wildman–Crippen LogP) is 0.750. The summed E-state index contributed by atoms with van der Waals surface area (Å²) < 4.78 is 4.97. The first-order valence-electron chi connectivity index (χ1n) is 6.05. The highest BCUT2D eigenvalue weighted by Gasteiger charge is 2.21. The summed E-state index contributed by atoms with van der Waals surface area (Å²) >= 11 is 0. The lowest BCUT2D eigenvalue weighted by atomic mass is 10.0. The standard InChI is InChI=1S/C12H23N3O2/c1-3-5-11(10-14)12(16)15(7-4-6-13)8-9-17-2/h11H,3-5,7-10,14H2,1-2H3. The topological polar surface area (TPSA) is 79.4 Å². The van der Waals surface area contributed by atoms with E-state index in [0.29, 0.717) is 32.7 Å². The molecule has 1 unspecified atom stereocenters. The average molecular weight is 241 g/mol. The van der Waals surface area contributed by atoms with Crippen LogP contribution in [-0.2, 0) is 9.53 Å². The van der Waals surface area contributed by atoms with Crippen LogP contribution in [0.2, 0.25) is 0 Å². The third kappa shape index (κ3) is 6.25. The molecule has 0 fully saturated rings. The number of hydrogen-bond donors (Lipinski definition) is 1. The maximum Gasteiger partial charge on any atom is 0.227 e. The number of methoxy groups -OCH3 is 1. The minimum absolute atomic E-state index is 0.0432. The van der Waals surface area contributed by atoms with Gasteiger partial charge in [0, 0.05) is 26.7 Å². The molecule has 17 heavy (non-hydrogen) atoms. The minimum Gasteiger partial charge on any atom is -0.383 e. The van der Waals surface area contributed by atoms with Gasteiger partial charge in [0.25, 0.3) is 0 Å². The Morgan fingerprint density at radius 1 is 1.53 bits per heavy atom. The van der Waals surface area contributed by atoms with Crippen molar-refractivity contribution in [2.45, 2.75) is 26.2 Å². The van der Waals surface area contributed by atoms with Gasteiger partial charge in [-0.2, -0.15) is 5.26 Å². The Labute approximate surface area is 104 Å². The van der Waals surface area contributed by atoms with E-state index >= 15 is 0 Å². The summed E-state index contributed by atoms with van der Waals surface area (Å²) in [6, 6.07) is 2.05. The van der Waals surface area contributed by atoms with Gasteiger partial charge < -0.3 is 15.4 Å². The molecule has 0 saturated heterocycles. The molecule has 1 amide bonds. The Balaban J connectivity index is 4.41. The molecule has 0 aromatic carbocycles. The van der Waals surface area contributed by atoms with Gasteiger partial charge in [0.15, 0.2) is 0 Å². The zero-order valence-electron chi connectivity index (χ0n) is 10.8. The van der Waals surface area contributed by atoms with Crippen molar-refractivity contribution < 1.29 is 9.53 Å². The zero-order valence-corrected chi connectivity index (χ0v) is 10.8. The first kappa shape index (κ1) is 15.9.